The van der Waals surface area contributed by atoms with Gasteiger partial charge >= 0.3 is 0 Å². The van der Waals surface area contributed by atoms with Gasteiger partial charge < -0.3 is 13.7 Å². The summed E-state index contributed by atoms with van der Waals surface area (Å²) in [5.41, 5.74) is 15.8. The van der Waals surface area contributed by atoms with Crippen LogP contribution < -0.4 is 4.90 Å². The fourth-order valence-corrected chi connectivity index (χ4v) is 9.09. The van der Waals surface area contributed by atoms with Crippen molar-refractivity contribution >= 4 is 71.7 Å². The molecule has 0 saturated heterocycles. The van der Waals surface area contributed by atoms with E-state index in [1.165, 1.54) is 27.5 Å². The number of anilines is 3. The van der Waals surface area contributed by atoms with Crippen LogP contribution in [0.4, 0.5) is 17.1 Å². The van der Waals surface area contributed by atoms with Crippen LogP contribution >= 0.6 is 0 Å². The second-order valence-electron chi connectivity index (χ2n) is 15.7. The number of nitrogens with zero attached hydrogens (tertiary/aromatic N) is 1. The molecular weight excluding hydrogens is 743 g/mol. The van der Waals surface area contributed by atoms with Crippen molar-refractivity contribution in [2.75, 3.05) is 4.90 Å². The molecule has 2 heterocycles. The maximum atomic E-state index is 6.79. The van der Waals surface area contributed by atoms with E-state index in [0.717, 1.165) is 88.8 Å². The molecule has 0 bridgehead atoms. The molecule has 0 radical (unpaired) electrons. The molecule has 0 saturated carbocycles. The van der Waals surface area contributed by atoms with Gasteiger partial charge in [-0.2, -0.15) is 0 Å². The topological polar surface area (TPSA) is 29.5 Å². The molecule has 0 unspecified atom stereocenters. The number of fused-ring (bicyclic) bond motifs is 7. The van der Waals surface area contributed by atoms with Crippen molar-refractivity contribution in [2.45, 2.75) is 0 Å². The molecule has 2 aromatic heterocycles. The van der Waals surface area contributed by atoms with E-state index in [1.807, 2.05) is 6.07 Å². The number of para-hydroxylation sites is 2. The third-order valence-electron chi connectivity index (χ3n) is 12.1. The zero-order valence-electron chi connectivity index (χ0n) is 33.1. The molecule has 0 amide bonds. The summed E-state index contributed by atoms with van der Waals surface area (Å²) in [6.45, 7) is 0. The summed E-state index contributed by atoms with van der Waals surface area (Å²) >= 11 is 0. The molecule has 286 valence electrons. The van der Waals surface area contributed by atoms with Gasteiger partial charge in [0.05, 0.1) is 5.69 Å². The summed E-state index contributed by atoms with van der Waals surface area (Å²) < 4.78 is 13.3. The Balaban J connectivity index is 0.973. The highest BCUT2D eigenvalue weighted by Gasteiger charge is 2.21. The first-order chi connectivity index (χ1) is 30.2. The van der Waals surface area contributed by atoms with Crippen LogP contribution in [0.15, 0.2) is 233 Å². The van der Waals surface area contributed by atoms with Gasteiger partial charge in [-0.1, -0.05) is 170 Å². The predicted octanol–water partition coefficient (Wildman–Crippen LogP) is 16.8. The van der Waals surface area contributed by atoms with Crippen LogP contribution in [0, 0.1) is 0 Å². The molecule has 0 fully saturated rings. The van der Waals surface area contributed by atoms with E-state index in [4.69, 9.17) is 8.83 Å². The minimum atomic E-state index is 0.845. The van der Waals surface area contributed by atoms with E-state index >= 15 is 0 Å². The zero-order chi connectivity index (χ0) is 40.3. The first kappa shape index (κ1) is 34.9. The Bertz CT molecular complexity index is 3560. The normalized spacial score (nSPS) is 11.6. The van der Waals surface area contributed by atoms with Crippen LogP contribution in [0.3, 0.4) is 0 Å². The van der Waals surface area contributed by atoms with Gasteiger partial charge in [0.1, 0.15) is 16.7 Å². The zero-order valence-corrected chi connectivity index (χ0v) is 33.1. The Morgan fingerprint density at radius 3 is 1.43 bits per heavy atom. The molecule has 61 heavy (non-hydrogen) atoms. The van der Waals surface area contributed by atoms with Crippen LogP contribution in [-0.4, -0.2) is 0 Å². The molecule has 0 atom stereocenters. The average molecular weight is 780 g/mol. The lowest BCUT2D eigenvalue weighted by atomic mass is 9.98. The Labute approximate surface area is 353 Å². The smallest absolute Gasteiger partial charge is 0.159 e. The molecule has 3 nitrogen and oxygen atoms in total. The largest absolute Gasteiger partial charge is 0.455 e. The molecule has 0 aliphatic heterocycles. The van der Waals surface area contributed by atoms with Gasteiger partial charge in [-0.15, -0.1) is 0 Å². The number of hydrogen-bond donors (Lipinski definition) is 0. The van der Waals surface area contributed by atoms with Gasteiger partial charge in [-0.25, -0.2) is 0 Å². The molecule has 0 aliphatic carbocycles. The second-order valence-corrected chi connectivity index (χ2v) is 15.7. The van der Waals surface area contributed by atoms with Crippen LogP contribution in [0.1, 0.15) is 0 Å². The molecule has 0 spiro atoms. The molecule has 0 N–H and O–H groups in total. The van der Waals surface area contributed by atoms with Crippen LogP contribution in [-0.2, 0) is 0 Å². The molecular formula is C58H37NO2. The van der Waals surface area contributed by atoms with E-state index in [2.05, 4.69) is 223 Å². The van der Waals surface area contributed by atoms with Gasteiger partial charge in [0.25, 0.3) is 0 Å². The lowest BCUT2D eigenvalue weighted by molar-refractivity contribution is 0.669. The molecule has 12 rings (SSSR count). The first-order valence-corrected chi connectivity index (χ1v) is 20.7. The van der Waals surface area contributed by atoms with Crippen LogP contribution in [0.25, 0.3) is 99.2 Å². The van der Waals surface area contributed by atoms with Gasteiger partial charge in [0, 0.05) is 38.5 Å². The highest BCUT2D eigenvalue weighted by molar-refractivity contribution is 6.12. The monoisotopic (exact) mass is 779 g/mol. The van der Waals surface area contributed by atoms with Crippen molar-refractivity contribution in [3.05, 3.63) is 224 Å². The fraction of sp³-hybridized carbons (Fsp3) is 0. The highest BCUT2D eigenvalue weighted by Crippen LogP contribution is 2.44. The molecule has 12 aromatic rings. The Morgan fingerprint density at radius 1 is 0.279 bits per heavy atom. The Morgan fingerprint density at radius 2 is 0.738 bits per heavy atom. The number of rotatable bonds is 7. The summed E-state index contributed by atoms with van der Waals surface area (Å²) in [5.74, 6) is 0. The Kier molecular flexibility index (Phi) is 8.17. The maximum Gasteiger partial charge on any atom is 0.159 e. The lowest BCUT2D eigenvalue weighted by Crippen LogP contribution is -2.10. The van der Waals surface area contributed by atoms with Gasteiger partial charge in [0.15, 0.2) is 5.58 Å². The second kappa shape index (κ2) is 14.3. The third kappa shape index (κ3) is 5.98. The Hall–Kier alpha value is -8.14. The lowest BCUT2D eigenvalue weighted by Gasteiger charge is -2.26. The minimum absolute atomic E-state index is 0.845. The molecule has 0 aliphatic rings. The fourth-order valence-electron chi connectivity index (χ4n) is 9.09. The standard InChI is InChI=1S/C58H37NO2/c1-3-12-38(13-4-1)43-28-35-56-53(36-43)51-22-11-23-54(58(51)61-56)59(46-32-26-42(27-33-46)48-19-9-17-40-16-7-8-18-47(40)48)45-30-24-39(25-31-45)44-29-34-55-52(37-44)50-21-10-20-49(57(50)60-55)41-14-5-2-6-15-41/h1-37H. The van der Waals surface area contributed by atoms with E-state index in [-0.39, 0.29) is 0 Å². The van der Waals surface area contributed by atoms with Crippen LogP contribution in [0.5, 0.6) is 0 Å². The number of hydrogen-bond acceptors (Lipinski definition) is 3. The quantitative estimate of drug-likeness (QED) is 0.161. The van der Waals surface area contributed by atoms with Crippen molar-refractivity contribution in [3.63, 3.8) is 0 Å². The molecule has 3 heteroatoms. The summed E-state index contributed by atoms with van der Waals surface area (Å²) in [6, 6.07) is 79.8. The summed E-state index contributed by atoms with van der Waals surface area (Å²) in [6.07, 6.45) is 0. The average Bonchev–Trinajstić information content (AvgIpc) is 3.91. The van der Waals surface area contributed by atoms with E-state index in [9.17, 15) is 0 Å². The predicted molar refractivity (Wildman–Crippen MR) is 255 cm³/mol. The van der Waals surface area contributed by atoms with E-state index in [0.29, 0.717) is 0 Å². The summed E-state index contributed by atoms with van der Waals surface area (Å²) in [7, 11) is 0. The van der Waals surface area contributed by atoms with Crippen molar-refractivity contribution in [1.82, 2.24) is 0 Å². The van der Waals surface area contributed by atoms with E-state index in [1.54, 1.807) is 0 Å². The van der Waals surface area contributed by atoms with Gasteiger partial charge in [0.2, 0.25) is 0 Å². The highest BCUT2D eigenvalue weighted by atomic mass is 16.3. The molecule has 10 aromatic carbocycles. The maximum absolute atomic E-state index is 6.79. The number of furan rings is 2. The van der Waals surface area contributed by atoms with Crippen molar-refractivity contribution in [3.8, 4) is 44.5 Å². The van der Waals surface area contributed by atoms with Gasteiger partial charge in [-0.3, -0.25) is 0 Å². The summed E-state index contributed by atoms with van der Waals surface area (Å²) in [5, 5.41) is 6.87. The van der Waals surface area contributed by atoms with Gasteiger partial charge in [-0.05, 0) is 104 Å². The third-order valence-corrected chi connectivity index (χ3v) is 12.1. The van der Waals surface area contributed by atoms with Crippen molar-refractivity contribution < 1.29 is 8.83 Å². The number of benzene rings is 10. The van der Waals surface area contributed by atoms with Crippen molar-refractivity contribution in [1.29, 1.82) is 0 Å². The van der Waals surface area contributed by atoms with E-state index < -0.39 is 0 Å². The van der Waals surface area contributed by atoms with Crippen LogP contribution in [0.2, 0.25) is 0 Å². The minimum Gasteiger partial charge on any atom is -0.455 e. The van der Waals surface area contributed by atoms with Crippen molar-refractivity contribution in [2.24, 2.45) is 0 Å². The summed E-state index contributed by atoms with van der Waals surface area (Å²) in [4.78, 5) is 2.32. The SMILES string of the molecule is c1ccc(-c2ccc3oc4c(N(c5ccc(-c6ccc7oc8c(-c9ccccc9)cccc8c7c6)cc5)c5ccc(-c6cccc7ccccc67)cc5)cccc4c3c2)cc1. The first-order valence-electron chi connectivity index (χ1n) is 20.7.